The van der Waals surface area contributed by atoms with Gasteiger partial charge in [0.1, 0.15) is 39.8 Å². The molecule has 29 heteroatoms. The summed E-state index contributed by atoms with van der Waals surface area (Å²) in [5.74, 6) is 22.9. The van der Waals surface area contributed by atoms with Crippen LogP contribution < -0.4 is 5.32 Å². The van der Waals surface area contributed by atoms with Gasteiger partial charge in [0.25, 0.3) is 5.91 Å². The Morgan fingerprint density at radius 2 is 0.953 bits per heavy atom. The molecule has 0 radical (unpaired) electrons. The molecule has 17 rings (SSSR count). The molecule has 1 N–H and O–H groups in total. The highest BCUT2D eigenvalue weighted by Gasteiger charge is 2.33. The Labute approximate surface area is 734 Å². The highest BCUT2D eigenvalue weighted by atomic mass is 19.4. The molecular formula is C100H77F9N16O4. The molecule has 1 aliphatic rings. The van der Waals surface area contributed by atoms with Crippen LogP contribution in [-0.2, 0) is 44.3 Å². The molecule has 1 aliphatic heterocycles. The fourth-order valence-electron chi connectivity index (χ4n) is 13.8. The number of pyridine rings is 3. The maximum Gasteiger partial charge on any atom is 0.416 e. The van der Waals surface area contributed by atoms with Gasteiger partial charge in [0.2, 0.25) is 0 Å². The van der Waals surface area contributed by atoms with E-state index in [-0.39, 0.29) is 46.9 Å². The molecule has 1 amide bonds. The Kier molecular flexibility index (Phi) is 27.7. The number of imidazole rings is 4. The van der Waals surface area contributed by atoms with Crippen molar-refractivity contribution in [2.45, 2.75) is 85.0 Å². The molecule has 0 aliphatic carbocycles. The van der Waals surface area contributed by atoms with Crippen molar-refractivity contribution in [2.24, 2.45) is 0 Å². The van der Waals surface area contributed by atoms with Crippen LogP contribution in [0.25, 0.3) is 22.6 Å². The van der Waals surface area contributed by atoms with Crippen LogP contribution in [0.4, 0.5) is 45.2 Å². The Bertz CT molecular complexity index is 7150. The van der Waals surface area contributed by atoms with Crippen molar-refractivity contribution >= 4 is 51.5 Å². The first-order valence-corrected chi connectivity index (χ1v) is 40.4. The molecule has 11 heterocycles. The number of hydrogen-bond donors (Lipinski definition) is 1. The number of rotatable bonds is 14. The number of benzene rings is 6. The molecule has 10 aromatic heterocycles. The molecule has 0 atom stereocenters. The molecule has 0 bridgehead atoms. The van der Waals surface area contributed by atoms with Crippen LogP contribution in [0.2, 0.25) is 0 Å². The van der Waals surface area contributed by atoms with Crippen LogP contribution in [0.5, 0.6) is 0 Å². The topological polar surface area (TPSA) is 220 Å². The number of hydrogen-bond acceptors (Lipinski definition) is 15. The summed E-state index contributed by atoms with van der Waals surface area (Å²) in [7, 11) is 0. The first kappa shape index (κ1) is 89.5. The van der Waals surface area contributed by atoms with E-state index in [0.717, 1.165) is 91.6 Å². The summed E-state index contributed by atoms with van der Waals surface area (Å²) in [6, 6.07) is 54.8. The van der Waals surface area contributed by atoms with Gasteiger partial charge < -0.3 is 5.32 Å². The van der Waals surface area contributed by atoms with Crippen LogP contribution in [0.1, 0.15) is 156 Å². The van der Waals surface area contributed by atoms with Gasteiger partial charge in [-0.1, -0.05) is 103 Å². The highest BCUT2D eigenvalue weighted by molar-refractivity contribution is 6.05. The second-order valence-corrected chi connectivity index (χ2v) is 30.2. The number of alkyl halides is 9. The molecule has 0 spiro atoms. The quantitative estimate of drug-likeness (QED) is 0.0608. The molecule has 6 aromatic carbocycles. The summed E-state index contributed by atoms with van der Waals surface area (Å²) in [5.41, 5.74) is 12.5. The summed E-state index contributed by atoms with van der Waals surface area (Å²) in [6.45, 7) is 15.6. The van der Waals surface area contributed by atoms with Gasteiger partial charge in [0.05, 0.1) is 41.5 Å². The number of carbonyl (C=O) groups excluding carboxylic acids is 4. The lowest BCUT2D eigenvalue weighted by molar-refractivity contribution is -0.138. The zero-order valence-electron chi connectivity index (χ0n) is 69.9. The minimum Gasteiger partial charge on any atom is -0.322 e. The fraction of sp³-hybridized carbons (Fsp3) is 0.170. The third kappa shape index (κ3) is 23.2. The average Bonchev–Trinajstić information content (AvgIpc) is 1.71. The minimum absolute atomic E-state index is 0.00425. The Hall–Kier alpha value is -15.8. The molecule has 1 fully saturated rings. The molecule has 20 nitrogen and oxygen atoms in total. The number of piperazine rings is 1. The minimum atomic E-state index is -4.52. The van der Waals surface area contributed by atoms with E-state index >= 15 is 0 Å². The Morgan fingerprint density at radius 1 is 0.426 bits per heavy atom. The van der Waals surface area contributed by atoms with Gasteiger partial charge in [-0.25, -0.2) is 38.5 Å². The van der Waals surface area contributed by atoms with Crippen LogP contribution in [0.15, 0.2) is 268 Å². The zero-order valence-corrected chi connectivity index (χ0v) is 69.9. The Balaban J connectivity index is 0.000000139. The van der Waals surface area contributed by atoms with E-state index in [1.807, 2.05) is 53.1 Å². The van der Waals surface area contributed by atoms with E-state index in [2.05, 4.69) is 147 Å². The van der Waals surface area contributed by atoms with Gasteiger partial charge >= 0.3 is 18.5 Å². The number of Topliss-reactive ketones (excluding diaryl/α,β-unsaturated/α-hetero) is 3. The number of fused-ring (bicyclic) bond motifs is 4. The molecule has 0 unspecified atom stereocenters. The SMILES string of the molecule is Cc1c(C#Cc2cnc3cccnn23)cccc1NC(=O)c1cccc(C(F)(F)F)c1.Cc1cc(CC(=O)c2cccc(C#Cc3cnc4ccccn34)n2)ccc1CN1CCN(C(C)C)CC1.Cc1ccc(C#Cc2cnc3cccnn23)cc1C(=O)Cc1cccc(C(F)(F)F)c1.O=C(Cc1cccc(C(F)(F)F)c1)c1cncc(C#Cc2cnc3cccnn23)c1. The fourth-order valence-corrected chi connectivity index (χ4v) is 13.8. The normalized spacial score (nSPS) is 12.1. The number of nitrogens with zero attached hydrogens (tertiary/aromatic N) is 15. The second-order valence-electron chi connectivity index (χ2n) is 30.2. The lowest BCUT2D eigenvalue weighted by Crippen LogP contribution is -2.48. The smallest absolute Gasteiger partial charge is 0.322 e. The first-order chi connectivity index (χ1) is 62.0. The van der Waals surface area contributed by atoms with Crippen molar-refractivity contribution in [1.29, 1.82) is 0 Å². The van der Waals surface area contributed by atoms with Gasteiger partial charge in [-0.3, -0.25) is 38.4 Å². The van der Waals surface area contributed by atoms with Crippen LogP contribution >= 0.6 is 0 Å². The molecule has 0 saturated carbocycles. The van der Waals surface area contributed by atoms with E-state index in [0.29, 0.717) is 96.9 Å². The van der Waals surface area contributed by atoms with Crippen molar-refractivity contribution in [3.05, 3.63) is 391 Å². The second kappa shape index (κ2) is 40.0. The molecular weight excluding hydrogens is 1660 g/mol. The summed E-state index contributed by atoms with van der Waals surface area (Å²) < 4.78 is 123. The lowest BCUT2D eigenvalue weighted by atomic mass is 9.96. The molecule has 644 valence electrons. The van der Waals surface area contributed by atoms with Gasteiger partial charge in [-0.05, 0) is 224 Å². The van der Waals surface area contributed by atoms with E-state index in [1.165, 1.54) is 59.9 Å². The zero-order chi connectivity index (χ0) is 90.9. The molecule has 129 heavy (non-hydrogen) atoms. The van der Waals surface area contributed by atoms with Crippen LogP contribution in [0, 0.1) is 68.1 Å². The molecule has 1 saturated heterocycles. The van der Waals surface area contributed by atoms with Gasteiger partial charge in [0.15, 0.2) is 34.3 Å². The summed E-state index contributed by atoms with van der Waals surface area (Å²) in [5, 5.41) is 15.2. The average molecular weight is 1740 g/mol. The highest BCUT2D eigenvalue weighted by Crippen LogP contribution is 2.33. The van der Waals surface area contributed by atoms with Gasteiger partial charge in [-0.15, -0.1) is 0 Å². The predicted molar refractivity (Wildman–Crippen MR) is 468 cm³/mol. The number of halogens is 9. The maximum atomic E-state index is 13.0. The van der Waals surface area contributed by atoms with E-state index in [1.54, 1.807) is 144 Å². The monoisotopic (exact) mass is 1740 g/mol. The first-order valence-electron chi connectivity index (χ1n) is 40.4. The van der Waals surface area contributed by atoms with Crippen molar-refractivity contribution in [3.63, 3.8) is 0 Å². The lowest BCUT2D eigenvalue weighted by Gasteiger charge is -2.37. The summed E-state index contributed by atoms with van der Waals surface area (Å²) in [6.07, 6.45) is 2.87. The van der Waals surface area contributed by atoms with Crippen molar-refractivity contribution < 1.29 is 58.7 Å². The van der Waals surface area contributed by atoms with Gasteiger partial charge in [0, 0.05) is 134 Å². The third-order valence-electron chi connectivity index (χ3n) is 20.8. The number of nitrogens with one attached hydrogen (secondary N) is 1. The van der Waals surface area contributed by atoms with Gasteiger partial charge in [-0.2, -0.15) is 54.8 Å². The standard InChI is InChI=1S/C31H33N5O.C24H16F3N3O.C23H15F3N4O.C22H13F3N4O/c1-23(2)35-17-15-34(16-18-35)22-26-11-10-25(19-24(26)3)20-30(37)29-8-6-7-27(33-29)12-13-28-21-32-31-9-4-5-14-36(28)31;1-16-7-8-17(9-10-20-15-28-23-6-3-11-29-30(20)23)13-21(16)22(31)14-18-4-2-5-19(12-18)24(25,26)27;1-15-16(10-11-19-14-27-21-9-4-12-28-30(19)21)5-3-8-20(15)29-22(31)17-6-2-7-18(13-17)23(24,25)26;23-22(24,25)18-4-1-3-15(10-18)11-20(30)17-9-16(12-26-13-17)6-7-19-14-27-21-5-2-8-28-29(19)21/h4-11,14,19,21,23H,15-18,20,22H2,1-3H3;2-8,11-13,15H,14H2,1H3;2-9,12-14H,1H3,(H,29,31);1-5,8-10,12-14H,11H2. The number of aromatic nitrogens is 13. The summed E-state index contributed by atoms with van der Waals surface area (Å²) in [4.78, 5) is 81.5. The van der Waals surface area contributed by atoms with Crippen molar-refractivity contribution in [2.75, 3.05) is 31.5 Å². The predicted octanol–water partition coefficient (Wildman–Crippen LogP) is 17.9. The summed E-state index contributed by atoms with van der Waals surface area (Å²) >= 11 is 0. The third-order valence-corrected chi connectivity index (χ3v) is 20.8. The Morgan fingerprint density at radius 3 is 1.56 bits per heavy atom. The largest absolute Gasteiger partial charge is 0.416 e. The number of amides is 1. The number of aryl methyl sites for hydroxylation is 2. The van der Waals surface area contributed by atoms with Crippen LogP contribution in [-0.4, -0.2) is 128 Å². The van der Waals surface area contributed by atoms with Crippen LogP contribution in [0.3, 0.4) is 0 Å². The molecule has 16 aromatic rings. The van der Waals surface area contributed by atoms with Crippen molar-refractivity contribution in [1.82, 2.24) is 72.9 Å². The number of anilines is 1. The maximum absolute atomic E-state index is 13.0. The number of carbonyl (C=O) groups is 4. The van der Waals surface area contributed by atoms with E-state index in [4.69, 9.17) is 0 Å². The van der Waals surface area contributed by atoms with Crippen molar-refractivity contribution in [3.8, 4) is 47.4 Å². The van der Waals surface area contributed by atoms with E-state index < -0.39 is 41.1 Å². The number of ketones is 3. The van der Waals surface area contributed by atoms with E-state index in [9.17, 15) is 58.7 Å².